The molecule has 0 spiro atoms. The van der Waals surface area contributed by atoms with E-state index in [4.69, 9.17) is 11.6 Å². The molecule has 146 valence electrons. The minimum Gasteiger partial charge on any atom is -0.508 e. The molecule has 28 heavy (non-hydrogen) atoms. The molecular formula is C21H20ClFN2O3. The van der Waals surface area contributed by atoms with Gasteiger partial charge in [0, 0.05) is 48.0 Å². The molecule has 0 aliphatic heterocycles. The van der Waals surface area contributed by atoms with Crippen LogP contribution in [0.5, 0.6) is 5.75 Å². The summed E-state index contributed by atoms with van der Waals surface area (Å²) < 4.78 is 14.0. The lowest BCUT2D eigenvalue weighted by Crippen LogP contribution is -2.57. The van der Waals surface area contributed by atoms with E-state index in [0.717, 1.165) is 0 Å². The maximum absolute atomic E-state index is 14.0. The van der Waals surface area contributed by atoms with Gasteiger partial charge in [0.1, 0.15) is 22.9 Å². The van der Waals surface area contributed by atoms with E-state index in [1.54, 1.807) is 24.3 Å². The molecule has 3 aliphatic carbocycles. The fourth-order valence-electron chi connectivity index (χ4n) is 4.34. The molecule has 5 rings (SSSR count). The Bertz CT molecular complexity index is 956. The number of alkyl halides is 1. The number of Topliss-reactive ketones (excluding diaryl/α,β-unsaturated/α-hetero) is 1. The molecule has 3 aliphatic rings. The first-order chi connectivity index (χ1) is 13.3. The summed E-state index contributed by atoms with van der Waals surface area (Å²) >= 11 is 5.91. The Kier molecular flexibility index (Phi) is 4.62. The highest BCUT2D eigenvalue weighted by molar-refractivity contribution is 6.30. The monoisotopic (exact) mass is 402 g/mol. The molecule has 0 radical (unpaired) electrons. The van der Waals surface area contributed by atoms with Crippen LogP contribution in [-0.4, -0.2) is 33.0 Å². The van der Waals surface area contributed by atoms with Crippen LogP contribution in [0.4, 0.5) is 4.39 Å². The number of carbonyl (C=O) groups is 2. The van der Waals surface area contributed by atoms with Gasteiger partial charge in [-0.3, -0.25) is 14.6 Å². The van der Waals surface area contributed by atoms with Crippen molar-refractivity contribution < 1.29 is 19.1 Å². The van der Waals surface area contributed by atoms with Crippen LogP contribution in [0.15, 0.2) is 36.5 Å². The predicted molar refractivity (Wildman–Crippen MR) is 102 cm³/mol. The highest BCUT2D eigenvalue weighted by Crippen LogP contribution is 2.57. The topological polar surface area (TPSA) is 79.3 Å². The van der Waals surface area contributed by atoms with Gasteiger partial charge in [0.25, 0.3) is 5.91 Å². The third-order valence-corrected chi connectivity index (χ3v) is 5.86. The highest BCUT2D eigenvalue weighted by atomic mass is 35.5. The Hall–Kier alpha value is -2.47. The van der Waals surface area contributed by atoms with Gasteiger partial charge in [0.05, 0.1) is 0 Å². The lowest BCUT2D eigenvalue weighted by molar-refractivity contribution is -0.117. The molecule has 2 bridgehead atoms. The number of carbonyl (C=O) groups excluding carboxylic acids is 2. The van der Waals surface area contributed by atoms with E-state index in [0.29, 0.717) is 41.8 Å². The summed E-state index contributed by atoms with van der Waals surface area (Å²) in [6.45, 7) is 0. The second kappa shape index (κ2) is 6.85. The van der Waals surface area contributed by atoms with Gasteiger partial charge in [-0.15, -0.1) is 0 Å². The molecule has 1 amide bonds. The third kappa shape index (κ3) is 3.74. The molecule has 0 atom stereocenters. The molecule has 5 nitrogen and oxygen atoms in total. The number of fused-ring (bicyclic) bond motifs is 1. The maximum Gasteiger partial charge on any atom is 0.270 e. The Balaban J connectivity index is 1.40. The summed E-state index contributed by atoms with van der Waals surface area (Å²) in [6, 6.07) is 7.82. The number of amides is 1. The number of hydrogen-bond acceptors (Lipinski definition) is 4. The Morgan fingerprint density at radius 3 is 2.68 bits per heavy atom. The molecule has 0 saturated heterocycles. The van der Waals surface area contributed by atoms with Gasteiger partial charge in [-0.1, -0.05) is 11.6 Å². The quantitative estimate of drug-likeness (QED) is 0.774. The third-order valence-electron chi connectivity index (χ3n) is 5.63. The fraction of sp³-hybridized carbons (Fsp3) is 0.381. The molecule has 3 fully saturated rings. The number of ketones is 1. The van der Waals surface area contributed by atoms with Crippen LogP contribution in [0.25, 0.3) is 0 Å². The van der Waals surface area contributed by atoms with Crippen LogP contribution >= 0.6 is 11.6 Å². The zero-order valence-corrected chi connectivity index (χ0v) is 15.9. The van der Waals surface area contributed by atoms with Crippen LogP contribution in [0.3, 0.4) is 0 Å². The van der Waals surface area contributed by atoms with E-state index < -0.39 is 11.2 Å². The molecule has 0 unspecified atom stereocenters. The number of phenols is 1. The predicted octanol–water partition coefficient (Wildman–Crippen LogP) is 3.56. The maximum atomic E-state index is 14.0. The summed E-state index contributed by atoms with van der Waals surface area (Å²) in [7, 11) is 0. The largest absolute Gasteiger partial charge is 0.508 e. The van der Waals surface area contributed by atoms with E-state index in [1.807, 2.05) is 0 Å². The highest BCUT2D eigenvalue weighted by Gasteiger charge is 2.62. The second-order valence-corrected chi connectivity index (χ2v) is 8.39. The van der Waals surface area contributed by atoms with Crippen LogP contribution in [0.2, 0.25) is 5.02 Å². The zero-order chi connectivity index (χ0) is 19.9. The number of halogens is 2. The van der Waals surface area contributed by atoms with E-state index in [1.165, 1.54) is 12.3 Å². The second-order valence-electron chi connectivity index (χ2n) is 7.95. The summed E-state index contributed by atoms with van der Waals surface area (Å²) in [4.78, 5) is 29.0. The first-order valence-corrected chi connectivity index (χ1v) is 9.59. The molecule has 2 aromatic rings. The number of hydrogen-bond donors (Lipinski definition) is 2. The number of pyridine rings is 1. The van der Waals surface area contributed by atoms with Gasteiger partial charge in [-0.2, -0.15) is 0 Å². The van der Waals surface area contributed by atoms with Gasteiger partial charge in [-0.05, 0) is 48.7 Å². The van der Waals surface area contributed by atoms with Gasteiger partial charge in [0.15, 0.2) is 0 Å². The summed E-state index contributed by atoms with van der Waals surface area (Å²) in [6.07, 6.45) is 3.51. The molecule has 1 heterocycles. The summed E-state index contributed by atoms with van der Waals surface area (Å²) in [5.74, 6) is -0.441. The number of nitrogens with one attached hydrogen (secondary N) is 1. The average Bonchev–Trinajstić information content (AvgIpc) is 3.11. The lowest BCUT2D eigenvalue weighted by Gasteiger charge is -2.42. The van der Waals surface area contributed by atoms with Gasteiger partial charge in [0.2, 0.25) is 0 Å². The van der Waals surface area contributed by atoms with Gasteiger partial charge < -0.3 is 10.4 Å². The zero-order valence-electron chi connectivity index (χ0n) is 15.2. The van der Waals surface area contributed by atoms with Crippen molar-refractivity contribution in [1.29, 1.82) is 0 Å². The van der Waals surface area contributed by atoms with E-state index in [-0.39, 0.29) is 36.0 Å². The minimum atomic E-state index is -1.11. The number of phenolic OH excluding ortho intramolecular Hbond substituents is 1. The number of aromatic hydroxyl groups is 1. The van der Waals surface area contributed by atoms with Crippen molar-refractivity contribution in [1.82, 2.24) is 10.3 Å². The van der Waals surface area contributed by atoms with E-state index in [9.17, 15) is 19.1 Å². The van der Waals surface area contributed by atoms with Crippen molar-refractivity contribution in [2.75, 3.05) is 0 Å². The normalized spacial score (nSPS) is 25.2. The number of aromatic nitrogens is 1. The van der Waals surface area contributed by atoms with Crippen molar-refractivity contribution in [3.8, 4) is 5.75 Å². The average molecular weight is 403 g/mol. The number of nitrogens with zero attached hydrogens (tertiary/aromatic N) is 1. The van der Waals surface area contributed by atoms with Crippen molar-refractivity contribution in [3.63, 3.8) is 0 Å². The first kappa shape index (κ1) is 18.9. The van der Waals surface area contributed by atoms with E-state index in [2.05, 4.69) is 10.3 Å². The molecule has 1 aromatic heterocycles. The van der Waals surface area contributed by atoms with Crippen molar-refractivity contribution in [2.24, 2.45) is 0 Å². The van der Waals surface area contributed by atoms with Gasteiger partial charge >= 0.3 is 0 Å². The lowest BCUT2D eigenvalue weighted by atomic mass is 9.75. The Morgan fingerprint density at radius 1 is 1.18 bits per heavy atom. The van der Waals surface area contributed by atoms with Crippen LogP contribution in [-0.2, 0) is 17.6 Å². The SMILES string of the molecule is O=C(Cc1ccnc(C(=O)NC23CCC(F)(C2)C3)c1)Cc1cc(Cl)ccc1O. The molecule has 2 N–H and O–H groups in total. The van der Waals surface area contributed by atoms with Crippen molar-refractivity contribution >= 4 is 23.3 Å². The smallest absolute Gasteiger partial charge is 0.270 e. The Morgan fingerprint density at radius 2 is 1.96 bits per heavy atom. The molecule has 7 heteroatoms. The van der Waals surface area contributed by atoms with Crippen LogP contribution in [0.1, 0.15) is 47.3 Å². The molecular weight excluding hydrogens is 383 g/mol. The van der Waals surface area contributed by atoms with Crippen LogP contribution in [0, 0.1) is 0 Å². The fourth-order valence-corrected chi connectivity index (χ4v) is 4.54. The van der Waals surface area contributed by atoms with Crippen LogP contribution < -0.4 is 5.32 Å². The number of rotatable bonds is 6. The van der Waals surface area contributed by atoms with Gasteiger partial charge in [-0.25, -0.2) is 4.39 Å². The van der Waals surface area contributed by atoms with Crippen molar-refractivity contribution in [3.05, 3.63) is 58.4 Å². The Labute approximate surface area is 166 Å². The number of benzene rings is 1. The standard InChI is InChI=1S/C21H20ClFN2O3/c22-15-1-2-18(27)14(9-15)10-16(26)7-13-3-6-24-17(8-13)19(28)25-21-5-4-20(23,11-21)12-21/h1-3,6,8-9,27H,4-5,7,10-12H2,(H,25,28). The van der Waals surface area contributed by atoms with Crippen molar-refractivity contribution in [2.45, 2.75) is 49.7 Å². The van der Waals surface area contributed by atoms with E-state index >= 15 is 0 Å². The first-order valence-electron chi connectivity index (χ1n) is 9.21. The minimum absolute atomic E-state index is 0.0211. The molecule has 3 saturated carbocycles. The summed E-state index contributed by atoms with van der Waals surface area (Å²) in [5.41, 5.74) is -0.216. The molecule has 1 aromatic carbocycles. The summed E-state index contributed by atoms with van der Waals surface area (Å²) in [5, 5.41) is 13.2.